The zero-order valence-electron chi connectivity index (χ0n) is 17.0. The van der Waals surface area contributed by atoms with E-state index in [-0.39, 0.29) is 18.5 Å². The van der Waals surface area contributed by atoms with Gasteiger partial charge in [-0.2, -0.15) is 5.10 Å². The maximum atomic E-state index is 14.0. The Balaban J connectivity index is 1.59. The van der Waals surface area contributed by atoms with Crippen LogP contribution in [0.15, 0.2) is 69.7 Å². The molecule has 33 heavy (non-hydrogen) atoms. The molecule has 1 heterocycles. The van der Waals surface area contributed by atoms with Crippen LogP contribution in [0, 0.1) is 17.6 Å². The van der Waals surface area contributed by atoms with E-state index in [0.29, 0.717) is 45.4 Å². The van der Waals surface area contributed by atoms with Gasteiger partial charge in [-0.05, 0) is 48.9 Å². The van der Waals surface area contributed by atoms with E-state index in [1.807, 2.05) is 18.2 Å². The third-order valence-corrected chi connectivity index (χ3v) is 7.63. The zero-order chi connectivity index (χ0) is 23.8. The highest BCUT2D eigenvalue weighted by Gasteiger charge is 2.35. The van der Waals surface area contributed by atoms with E-state index in [0.717, 1.165) is 12.1 Å². The summed E-state index contributed by atoms with van der Waals surface area (Å²) in [6.45, 7) is -0.177. The molecule has 0 bridgehead atoms. The summed E-state index contributed by atoms with van der Waals surface area (Å²) >= 11 is 18.5. The van der Waals surface area contributed by atoms with Gasteiger partial charge in [0.05, 0.1) is 29.0 Å². The second kappa shape index (κ2) is 9.72. The Morgan fingerprint density at radius 3 is 2.61 bits per heavy atom. The van der Waals surface area contributed by atoms with E-state index >= 15 is 0 Å². The van der Waals surface area contributed by atoms with Crippen molar-refractivity contribution in [2.75, 3.05) is 11.6 Å². The van der Waals surface area contributed by atoms with Gasteiger partial charge >= 0.3 is 0 Å². The van der Waals surface area contributed by atoms with E-state index in [1.165, 1.54) is 0 Å². The third kappa shape index (κ3) is 5.41. The van der Waals surface area contributed by atoms with Crippen molar-refractivity contribution < 1.29 is 17.2 Å². The van der Waals surface area contributed by atoms with Gasteiger partial charge in [-0.1, -0.05) is 47.0 Å². The number of anilines is 1. The van der Waals surface area contributed by atoms with Crippen LogP contribution in [0.2, 0.25) is 10.0 Å². The number of halogens is 5. The summed E-state index contributed by atoms with van der Waals surface area (Å²) in [4.78, 5) is -0.759. The SMILES string of the molecule is O=S(=O)(NCC1=NN(c2ccc(Cl)cc2Cl)C([C@@H]2C=CC(Cl)=CC2)C1)c1cc(F)ccc1F. The molecule has 1 unspecified atom stereocenters. The molecule has 1 aliphatic carbocycles. The fourth-order valence-electron chi connectivity index (χ4n) is 3.77. The minimum Gasteiger partial charge on any atom is -0.260 e. The number of allylic oxidation sites excluding steroid dienone is 3. The van der Waals surface area contributed by atoms with Gasteiger partial charge in [0.25, 0.3) is 0 Å². The number of benzene rings is 2. The van der Waals surface area contributed by atoms with Crippen LogP contribution >= 0.6 is 34.8 Å². The van der Waals surface area contributed by atoms with Gasteiger partial charge in [-0.3, -0.25) is 5.01 Å². The van der Waals surface area contributed by atoms with E-state index in [1.54, 1.807) is 23.2 Å². The number of hydrazone groups is 1. The van der Waals surface area contributed by atoms with E-state index in [9.17, 15) is 17.2 Å². The summed E-state index contributed by atoms with van der Waals surface area (Å²) in [7, 11) is -4.30. The van der Waals surface area contributed by atoms with Crippen LogP contribution in [0.3, 0.4) is 0 Å². The maximum Gasteiger partial charge on any atom is 0.243 e. The Morgan fingerprint density at radius 2 is 1.91 bits per heavy atom. The number of sulfonamides is 1. The van der Waals surface area contributed by atoms with E-state index in [2.05, 4.69) is 9.82 Å². The van der Waals surface area contributed by atoms with Crippen molar-refractivity contribution >= 4 is 56.2 Å². The van der Waals surface area contributed by atoms with Crippen molar-refractivity contribution in [1.82, 2.24) is 4.72 Å². The predicted molar refractivity (Wildman–Crippen MR) is 128 cm³/mol. The van der Waals surface area contributed by atoms with E-state index in [4.69, 9.17) is 34.8 Å². The fourth-order valence-corrected chi connectivity index (χ4v) is 5.53. The largest absolute Gasteiger partial charge is 0.260 e. The average Bonchev–Trinajstić information content (AvgIpc) is 3.18. The lowest BCUT2D eigenvalue weighted by Crippen LogP contribution is -2.34. The second-order valence-electron chi connectivity index (χ2n) is 7.62. The molecule has 174 valence electrons. The minimum atomic E-state index is -4.30. The van der Waals surface area contributed by atoms with Gasteiger partial charge in [0.1, 0.15) is 16.5 Å². The highest BCUT2D eigenvalue weighted by atomic mass is 35.5. The number of hydrogen-bond acceptors (Lipinski definition) is 4. The Labute approximate surface area is 205 Å². The number of rotatable bonds is 6. The second-order valence-corrected chi connectivity index (χ2v) is 10.6. The van der Waals surface area contributed by atoms with Crippen LogP contribution in [0.25, 0.3) is 0 Å². The Bertz CT molecular complexity index is 1280. The molecule has 2 aromatic carbocycles. The molecule has 0 fully saturated rings. The van der Waals surface area contributed by atoms with Gasteiger partial charge in [0.2, 0.25) is 10.0 Å². The van der Waals surface area contributed by atoms with Crippen molar-refractivity contribution in [3.05, 3.63) is 81.3 Å². The molecule has 2 aliphatic rings. The van der Waals surface area contributed by atoms with Crippen LogP contribution in [-0.2, 0) is 10.0 Å². The molecule has 2 atom stereocenters. The molecule has 1 aliphatic heterocycles. The van der Waals surface area contributed by atoms with Gasteiger partial charge in [0, 0.05) is 22.4 Å². The molecule has 0 saturated carbocycles. The Kier molecular flexibility index (Phi) is 7.12. The van der Waals surface area contributed by atoms with Crippen molar-refractivity contribution in [3.63, 3.8) is 0 Å². The molecule has 0 amide bonds. The Hall–Kier alpha value is -1.97. The minimum absolute atomic E-state index is 0.0396. The predicted octanol–water partition coefficient (Wildman–Crippen LogP) is 5.88. The van der Waals surface area contributed by atoms with Gasteiger partial charge < -0.3 is 0 Å². The monoisotopic (exact) mass is 531 g/mol. The maximum absolute atomic E-state index is 14.0. The Morgan fingerprint density at radius 1 is 1.12 bits per heavy atom. The quantitative estimate of drug-likeness (QED) is 0.505. The van der Waals surface area contributed by atoms with Gasteiger partial charge in [-0.25, -0.2) is 21.9 Å². The molecule has 2 aromatic rings. The molecule has 0 spiro atoms. The zero-order valence-corrected chi connectivity index (χ0v) is 20.1. The lowest BCUT2D eigenvalue weighted by molar-refractivity contribution is 0.499. The molecular weight excluding hydrogens is 515 g/mol. The van der Waals surface area contributed by atoms with Crippen LogP contribution < -0.4 is 9.73 Å². The molecule has 0 aromatic heterocycles. The summed E-state index contributed by atoms with van der Waals surface area (Å²) in [5, 5.41) is 7.86. The van der Waals surface area contributed by atoms with E-state index < -0.39 is 26.6 Å². The highest BCUT2D eigenvalue weighted by molar-refractivity contribution is 7.89. The third-order valence-electron chi connectivity index (χ3n) is 5.40. The summed E-state index contributed by atoms with van der Waals surface area (Å²) in [5.41, 5.74) is 1.13. The normalized spacial score (nSPS) is 20.7. The number of nitrogens with one attached hydrogen (secondary N) is 1. The highest BCUT2D eigenvalue weighted by Crippen LogP contribution is 2.38. The first-order valence-electron chi connectivity index (χ1n) is 9.93. The standard InChI is InChI=1S/C22H18Cl3F2N3O2S/c23-14-3-1-13(2-4-14)21-11-17(29-30(21)20-8-5-15(24)9-18(20)25)12-28-33(31,32)22-10-16(26)6-7-19(22)27/h1,3-10,13,21,28H,2,11-12H2/t13-,21?/m1/s1. The van der Waals surface area contributed by atoms with Crippen LogP contribution in [0.5, 0.6) is 0 Å². The molecule has 0 radical (unpaired) electrons. The first kappa shape index (κ1) is 24.2. The van der Waals surface area contributed by atoms with Crippen molar-refractivity contribution in [2.24, 2.45) is 11.0 Å². The smallest absolute Gasteiger partial charge is 0.243 e. The topological polar surface area (TPSA) is 61.8 Å². The summed E-state index contributed by atoms with van der Waals surface area (Å²) < 4.78 is 54.9. The molecular formula is C22H18Cl3F2N3O2S. The molecule has 4 rings (SSSR count). The summed E-state index contributed by atoms with van der Waals surface area (Å²) in [6, 6.07) is 7.14. The first-order chi connectivity index (χ1) is 15.6. The molecule has 1 N–H and O–H groups in total. The fraction of sp³-hybridized carbons (Fsp3) is 0.227. The molecule has 5 nitrogen and oxygen atoms in total. The summed E-state index contributed by atoms with van der Waals surface area (Å²) in [6.07, 6.45) is 6.79. The van der Waals surface area contributed by atoms with Crippen molar-refractivity contribution in [2.45, 2.75) is 23.8 Å². The number of nitrogens with zero attached hydrogens (tertiary/aromatic N) is 2. The van der Waals surface area contributed by atoms with Gasteiger partial charge in [0.15, 0.2) is 0 Å². The number of hydrogen-bond donors (Lipinski definition) is 1. The summed E-state index contributed by atoms with van der Waals surface area (Å²) in [5.74, 6) is -1.85. The van der Waals surface area contributed by atoms with Crippen molar-refractivity contribution in [3.8, 4) is 0 Å². The lowest BCUT2D eigenvalue weighted by atomic mass is 9.89. The molecule has 11 heteroatoms. The van der Waals surface area contributed by atoms with Crippen LogP contribution in [0.1, 0.15) is 12.8 Å². The lowest BCUT2D eigenvalue weighted by Gasteiger charge is -2.30. The van der Waals surface area contributed by atoms with Gasteiger partial charge in [-0.15, -0.1) is 0 Å². The van der Waals surface area contributed by atoms with Crippen molar-refractivity contribution in [1.29, 1.82) is 0 Å². The van der Waals surface area contributed by atoms with Crippen LogP contribution in [-0.4, -0.2) is 26.7 Å². The average molecular weight is 533 g/mol. The first-order valence-corrected chi connectivity index (χ1v) is 12.5. The molecule has 0 saturated heterocycles. The van der Waals surface area contributed by atoms with Crippen LogP contribution in [0.4, 0.5) is 14.5 Å².